The lowest BCUT2D eigenvalue weighted by Crippen LogP contribution is -1.84. The van der Waals surface area contributed by atoms with Gasteiger partial charge in [0.15, 0.2) is 0 Å². The minimum atomic E-state index is 0.553. The number of allylic oxidation sites excluding steroid dienone is 2. The predicted octanol–water partition coefficient (Wildman–Crippen LogP) is 1.85. The molecule has 0 aliphatic heterocycles. The Hall–Kier alpha value is -1.38. The molecule has 0 aliphatic carbocycles. The van der Waals surface area contributed by atoms with Gasteiger partial charge in [0, 0.05) is 5.71 Å². The molecule has 1 aromatic heterocycles. The normalized spacial score (nSPS) is 11.6. The maximum Gasteiger partial charge on any atom is 0.0924 e. The second-order valence-corrected chi connectivity index (χ2v) is 2.48. The van der Waals surface area contributed by atoms with E-state index < -0.39 is 0 Å². The van der Waals surface area contributed by atoms with Crippen LogP contribution in [0.2, 0.25) is 0 Å². The third-order valence-corrected chi connectivity index (χ3v) is 1.36. The van der Waals surface area contributed by atoms with Gasteiger partial charge in [0.1, 0.15) is 0 Å². The highest BCUT2D eigenvalue weighted by molar-refractivity contribution is 5.96. The van der Waals surface area contributed by atoms with Crippen LogP contribution in [0.3, 0.4) is 0 Å². The van der Waals surface area contributed by atoms with Crippen molar-refractivity contribution in [2.45, 2.75) is 13.8 Å². The number of rotatable bonds is 2. The smallest absolute Gasteiger partial charge is 0.0924 e. The first-order valence-electron chi connectivity index (χ1n) is 3.42. The third-order valence-electron chi connectivity index (χ3n) is 1.36. The highest BCUT2D eigenvalue weighted by atomic mass is 14.9. The summed E-state index contributed by atoms with van der Waals surface area (Å²) in [6.45, 7) is 3.70. The number of aromatic amines is 1. The van der Waals surface area contributed by atoms with Crippen molar-refractivity contribution in [2.24, 2.45) is 0 Å². The Kier molecular flexibility index (Phi) is 2.21. The first-order chi connectivity index (χ1) is 5.20. The van der Waals surface area contributed by atoms with Crippen molar-refractivity contribution >= 4 is 11.3 Å². The number of aromatic nitrogens is 2. The van der Waals surface area contributed by atoms with Gasteiger partial charge in [-0.25, -0.2) is 4.98 Å². The molecule has 3 nitrogen and oxygen atoms in total. The molecule has 0 aromatic carbocycles. The summed E-state index contributed by atoms with van der Waals surface area (Å²) in [6.07, 6.45) is 5.17. The summed E-state index contributed by atoms with van der Waals surface area (Å²) in [6, 6.07) is 0. The van der Waals surface area contributed by atoms with Crippen LogP contribution in [0.1, 0.15) is 19.5 Å². The molecule has 2 N–H and O–H groups in total. The Morgan fingerprint density at radius 2 is 2.36 bits per heavy atom. The molecule has 58 valence electrons. The van der Waals surface area contributed by atoms with Crippen LogP contribution in [0, 0.1) is 5.41 Å². The van der Waals surface area contributed by atoms with Crippen LogP contribution >= 0.6 is 0 Å². The van der Waals surface area contributed by atoms with Crippen LogP contribution in [-0.4, -0.2) is 15.7 Å². The number of imidazole rings is 1. The Bertz CT molecular complexity index is 270. The van der Waals surface area contributed by atoms with Gasteiger partial charge in [-0.3, -0.25) is 0 Å². The molecule has 0 saturated heterocycles. The maximum absolute atomic E-state index is 7.22. The molecule has 0 unspecified atom stereocenters. The summed E-state index contributed by atoms with van der Waals surface area (Å²) in [5.74, 6) is 0. The molecule has 0 radical (unpaired) electrons. The van der Waals surface area contributed by atoms with Crippen LogP contribution in [0.15, 0.2) is 18.6 Å². The van der Waals surface area contributed by atoms with Gasteiger partial charge in [-0.1, -0.05) is 0 Å². The zero-order chi connectivity index (χ0) is 8.27. The molecule has 1 rings (SSSR count). The van der Waals surface area contributed by atoms with E-state index in [4.69, 9.17) is 5.41 Å². The molecule has 0 saturated carbocycles. The minimum absolute atomic E-state index is 0.553. The van der Waals surface area contributed by atoms with Gasteiger partial charge >= 0.3 is 0 Å². The summed E-state index contributed by atoms with van der Waals surface area (Å²) in [7, 11) is 0. The molecule has 0 atom stereocenters. The average Bonchev–Trinajstić information content (AvgIpc) is 2.35. The van der Waals surface area contributed by atoms with Crippen molar-refractivity contribution in [2.75, 3.05) is 0 Å². The molecule has 0 aliphatic rings. The van der Waals surface area contributed by atoms with Crippen LogP contribution < -0.4 is 0 Å². The number of hydrogen-bond acceptors (Lipinski definition) is 2. The van der Waals surface area contributed by atoms with E-state index >= 15 is 0 Å². The fourth-order valence-corrected chi connectivity index (χ4v) is 0.874. The van der Waals surface area contributed by atoms with Crippen molar-refractivity contribution in [3.63, 3.8) is 0 Å². The number of nitrogens with one attached hydrogen (secondary N) is 2. The van der Waals surface area contributed by atoms with Gasteiger partial charge < -0.3 is 10.4 Å². The van der Waals surface area contributed by atoms with Crippen LogP contribution in [0.4, 0.5) is 0 Å². The fraction of sp³-hybridized carbons (Fsp3) is 0.250. The lowest BCUT2D eigenvalue weighted by atomic mass is 10.2. The molecule has 11 heavy (non-hydrogen) atoms. The van der Waals surface area contributed by atoms with Crippen LogP contribution in [0.5, 0.6) is 0 Å². The van der Waals surface area contributed by atoms with Gasteiger partial charge in [-0.2, -0.15) is 0 Å². The minimum Gasteiger partial charge on any atom is -0.345 e. The van der Waals surface area contributed by atoms with E-state index in [1.165, 1.54) is 0 Å². The lowest BCUT2D eigenvalue weighted by Gasteiger charge is -1.94. The average molecular weight is 149 g/mol. The Morgan fingerprint density at radius 1 is 1.64 bits per heavy atom. The number of hydrogen-bond donors (Lipinski definition) is 2. The lowest BCUT2D eigenvalue weighted by molar-refractivity contribution is 1.30. The van der Waals surface area contributed by atoms with E-state index in [2.05, 4.69) is 9.97 Å². The van der Waals surface area contributed by atoms with E-state index in [1.807, 2.05) is 6.92 Å². The Labute approximate surface area is 65.7 Å². The molecular formula is C8H11N3. The van der Waals surface area contributed by atoms with Gasteiger partial charge in [-0.05, 0) is 25.5 Å². The zero-order valence-corrected chi connectivity index (χ0v) is 6.68. The summed E-state index contributed by atoms with van der Waals surface area (Å²) in [4.78, 5) is 6.85. The van der Waals surface area contributed by atoms with E-state index in [0.29, 0.717) is 5.71 Å². The standard InChI is InChI=1S/C8H11N3/c1-6(3-7(2)9)8-4-10-5-11-8/h3-5,9H,1-2H3,(H,10,11)/b6-3+,9-7?. The van der Waals surface area contributed by atoms with Crippen molar-refractivity contribution < 1.29 is 0 Å². The number of nitrogens with zero attached hydrogens (tertiary/aromatic N) is 1. The summed E-state index contributed by atoms with van der Waals surface area (Å²) >= 11 is 0. The van der Waals surface area contributed by atoms with Crippen molar-refractivity contribution in [3.8, 4) is 0 Å². The Balaban J connectivity index is 2.86. The van der Waals surface area contributed by atoms with E-state index in [9.17, 15) is 0 Å². The van der Waals surface area contributed by atoms with E-state index in [0.717, 1.165) is 11.3 Å². The van der Waals surface area contributed by atoms with E-state index in [1.54, 1.807) is 25.5 Å². The fourth-order valence-electron chi connectivity index (χ4n) is 0.874. The van der Waals surface area contributed by atoms with Crippen LogP contribution in [-0.2, 0) is 0 Å². The zero-order valence-electron chi connectivity index (χ0n) is 6.68. The van der Waals surface area contributed by atoms with Crippen molar-refractivity contribution in [1.29, 1.82) is 5.41 Å². The summed E-state index contributed by atoms with van der Waals surface area (Å²) < 4.78 is 0. The molecule has 0 spiro atoms. The molecular weight excluding hydrogens is 138 g/mol. The third kappa shape index (κ3) is 2.04. The SMILES string of the molecule is CC(=N)/C=C(\C)c1cnc[nH]1. The quantitative estimate of drug-likeness (QED) is 0.619. The van der Waals surface area contributed by atoms with Crippen molar-refractivity contribution in [3.05, 3.63) is 24.3 Å². The summed E-state index contributed by atoms with van der Waals surface area (Å²) in [5.41, 5.74) is 2.56. The Morgan fingerprint density at radius 3 is 2.82 bits per heavy atom. The van der Waals surface area contributed by atoms with Gasteiger partial charge in [-0.15, -0.1) is 0 Å². The topological polar surface area (TPSA) is 52.5 Å². The molecule has 0 fully saturated rings. The highest BCUT2D eigenvalue weighted by Gasteiger charge is 1.94. The highest BCUT2D eigenvalue weighted by Crippen LogP contribution is 2.08. The molecule has 3 heteroatoms. The molecule has 0 bridgehead atoms. The molecule has 0 amide bonds. The monoisotopic (exact) mass is 149 g/mol. The van der Waals surface area contributed by atoms with Gasteiger partial charge in [0.25, 0.3) is 0 Å². The number of H-pyrrole nitrogens is 1. The second-order valence-electron chi connectivity index (χ2n) is 2.48. The van der Waals surface area contributed by atoms with Crippen molar-refractivity contribution in [1.82, 2.24) is 9.97 Å². The molecule has 1 aromatic rings. The van der Waals surface area contributed by atoms with E-state index in [-0.39, 0.29) is 0 Å². The summed E-state index contributed by atoms with van der Waals surface area (Å²) in [5, 5.41) is 7.22. The first kappa shape index (κ1) is 7.72. The van der Waals surface area contributed by atoms with Crippen LogP contribution in [0.25, 0.3) is 5.57 Å². The second kappa shape index (κ2) is 3.14. The maximum atomic E-state index is 7.22. The first-order valence-corrected chi connectivity index (χ1v) is 3.42. The predicted molar refractivity (Wildman–Crippen MR) is 45.6 cm³/mol. The largest absolute Gasteiger partial charge is 0.345 e. The van der Waals surface area contributed by atoms with Gasteiger partial charge in [0.05, 0.1) is 18.2 Å². The molecule has 1 heterocycles. The van der Waals surface area contributed by atoms with Gasteiger partial charge in [0.2, 0.25) is 0 Å².